The van der Waals surface area contributed by atoms with Crippen molar-refractivity contribution in [3.8, 4) is 0 Å². The lowest BCUT2D eigenvalue weighted by Gasteiger charge is -2.13. The number of hydrogen-bond acceptors (Lipinski definition) is 2. The van der Waals surface area contributed by atoms with Crippen LogP contribution in [0.15, 0.2) is 54.6 Å². The van der Waals surface area contributed by atoms with Gasteiger partial charge in [0.1, 0.15) is 0 Å². The topological polar surface area (TPSA) is 34.1 Å². The number of rotatable bonds is 0. The third kappa shape index (κ3) is 1.39. The first kappa shape index (κ1) is 11.1. The maximum absolute atomic E-state index is 11.9. The van der Waals surface area contributed by atoms with E-state index in [-0.39, 0.29) is 0 Å². The summed E-state index contributed by atoms with van der Waals surface area (Å²) in [5.41, 5.74) is 1.35. The minimum Gasteiger partial charge on any atom is -0.286 e. The second-order valence-electron chi connectivity index (χ2n) is 4.94. The Kier molecular flexibility index (Phi) is 2.15. The van der Waals surface area contributed by atoms with E-state index in [1.54, 1.807) is 12.1 Å². The molecule has 1 aliphatic rings. The van der Waals surface area contributed by atoms with Gasteiger partial charge in [0, 0.05) is 5.56 Å². The zero-order valence-corrected chi connectivity index (χ0v) is 10.6. The van der Waals surface area contributed by atoms with E-state index >= 15 is 0 Å². The number of Topliss-reactive ketones (excluding diaryl/α,β-unsaturated/α-hetero) is 1. The van der Waals surface area contributed by atoms with E-state index < -0.39 is 11.6 Å². The van der Waals surface area contributed by atoms with Crippen LogP contribution in [0.3, 0.4) is 0 Å². The first-order valence-corrected chi connectivity index (χ1v) is 6.47. The average Bonchev–Trinajstić information content (AvgIpc) is 2.50. The van der Waals surface area contributed by atoms with Crippen LogP contribution >= 0.6 is 0 Å². The van der Waals surface area contributed by atoms with Gasteiger partial charge in [0.15, 0.2) is 0 Å². The largest absolute Gasteiger partial charge is 0.286 e. The Balaban J connectivity index is 2.18. The van der Waals surface area contributed by atoms with E-state index in [1.165, 1.54) is 11.5 Å². The summed E-state index contributed by atoms with van der Waals surface area (Å²) in [5, 5.41) is 4.44. The Labute approximate surface area is 115 Å². The molecule has 0 unspecified atom stereocenters. The molecule has 0 aliphatic heterocycles. The van der Waals surface area contributed by atoms with E-state index in [0.717, 1.165) is 21.7 Å². The van der Waals surface area contributed by atoms with Gasteiger partial charge in [0.2, 0.25) is 11.6 Å². The van der Waals surface area contributed by atoms with Gasteiger partial charge in [-0.15, -0.1) is 0 Å². The zero-order valence-electron chi connectivity index (χ0n) is 10.6. The first-order chi connectivity index (χ1) is 9.75. The van der Waals surface area contributed by atoms with Gasteiger partial charge in [-0.3, -0.25) is 9.59 Å². The standard InChI is InChI=1S/C18H10O2/c19-17-10-9-15-14-6-5-11-3-1-2-4-12(11)13(14)7-8-16(15)18(17)20/h1-10H. The molecule has 0 radical (unpaired) electrons. The second kappa shape index (κ2) is 3.87. The van der Waals surface area contributed by atoms with Crippen molar-refractivity contribution in [2.24, 2.45) is 0 Å². The van der Waals surface area contributed by atoms with Crippen molar-refractivity contribution in [1.29, 1.82) is 0 Å². The molecule has 0 atom stereocenters. The van der Waals surface area contributed by atoms with Gasteiger partial charge in [0.25, 0.3) is 0 Å². The zero-order chi connectivity index (χ0) is 13.7. The highest BCUT2D eigenvalue weighted by molar-refractivity contribution is 6.50. The van der Waals surface area contributed by atoms with Crippen molar-refractivity contribution >= 4 is 39.2 Å². The summed E-state index contributed by atoms with van der Waals surface area (Å²) in [6.07, 6.45) is 3.11. The molecule has 0 heterocycles. The van der Waals surface area contributed by atoms with Crippen LogP contribution in [0.25, 0.3) is 27.6 Å². The molecule has 0 N–H and O–H groups in total. The molecule has 0 bridgehead atoms. The molecule has 0 saturated heterocycles. The fraction of sp³-hybridized carbons (Fsp3) is 0. The average molecular weight is 258 g/mol. The maximum atomic E-state index is 11.9. The third-order valence-corrected chi connectivity index (χ3v) is 3.84. The van der Waals surface area contributed by atoms with Crippen LogP contribution in [-0.4, -0.2) is 11.6 Å². The van der Waals surface area contributed by atoms with Crippen molar-refractivity contribution in [2.45, 2.75) is 0 Å². The SMILES string of the molecule is O=C1C=Cc2c(ccc3c2ccc2ccccc23)C1=O. The number of benzene rings is 3. The molecular formula is C18H10O2. The summed E-state index contributed by atoms with van der Waals surface area (Å²) in [6.45, 7) is 0. The summed E-state index contributed by atoms with van der Waals surface area (Å²) in [4.78, 5) is 23.4. The highest BCUT2D eigenvalue weighted by Gasteiger charge is 2.22. The number of carbonyl (C=O) groups is 2. The predicted octanol–water partition coefficient (Wildman–Crippen LogP) is 3.77. The van der Waals surface area contributed by atoms with Crippen molar-refractivity contribution in [3.05, 3.63) is 65.7 Å². The molecule has 0 aromatic heterocycles. The number of carbonyl (C=O) groups excluding carboxylic acids is 2. The fourth-order valence-corrected chi connectivity index (χ4v) is 2.86. The Hall–Kier alpha value is -2.74. The summed E-state index contributed by atoms with van der Waals surface area (Å²) >= 11 is 0. The van der Waals surface area contributed by atoms with E-state index in [1.807, 2.05) is 30.3 Å². The monoisotopic (exact) mass is 258 g/mol. The minimum absolute atomic E-state index is 0.419. The Bertz CT molecular complexity index is 933. The Morgan fingerprint density at radius 2 is 1.45 bits per heavy atom. The van der Waals surface area contributed by atoms with E-state index in [4.69, 9.17) is 0 Å². The van der Waals surface area contributed by atoms with Gasteiger partial charge >= 0.3 is 0 Å². The molecule has 94 valence electrons. The second-order valence-corrected chi connectivity index (χ2v) is 4.94. The van der Waals surface area contributed by atoms with Crippen LogP contribution < -0.4 is 0 Å². The minimum atomic E-state index is -0.447. The summed E-state index contributed by atoms with van der Waals surface area (Å²) in [5.74, 6) is -0.866. The molecular weight excluding hydrogens is 248 g/mol. The van der Waals surface area contributed by atoms with Crippen LogP contribution in [0, 0.1) is 0 Å². The molecule has 2 nitrogen and oxygen atoms in total. The molecule has 4 rings (SSSR count). The summed E-state index contributed by atoms with van der Waals surface area (Å²) in [6, 6.07) is 15.9. The molecule has 3 aromatic rings. The highest BCUT2D eigenvalue weighted by atomic mass is 16.2. The lowest BCUT2D eigenvalue weighted by atomic mass is 9.89. The van der Waals surface area contributed by atoms with Crippen LogP contribution in [0.4, 0.5) is 0 Å². The van der Waals surface area contributed by atoms with Gasteiger partial charge in [-0.05, 0) is 45.3 Å². The number of ketones is 2. The van der Waals surface area contributed by atoms with Gasteiger partial charge in [-0.25, -0.2) is 0 Å². The van der Waals surface area contributed by atoms with Gasteiger partial charge < -0.3 is 0 Å². The Morgan fingerprint density at radius 1 is 0.650 bits per heavy atom. The number of hydrogen-bond donors (Lipinski definition) is 0. The van der Waals surface area contributed by atoms with E-state index in [2.05, 4.69) is 12.1 Å². The van der Waals surface area contributed by atoms with Crippen molar-refractivity contribution in [1.82, 2.24) is 0 Å². The van der Waals surface area contributed by atoms with E-state index in [0.29, 0.717) is 5.56 Å². The van der Waals surface area contributed by atoms with Crippen molar-refractivity contribution in [2.75, 3.05) is 0 Å². The van der Waals surface area contributed by atoms with Crippen LogP contribution in [0.2, 0.25) is 0 Å². The molecule has 0 amide bonds. The molecule has 20 heavy (non-hydrogen) atoms. The Morgan fingerprint density at radius 3 is 2.35 bits per heavy atom. The molecule has 2 heteroatoms. The number of fused-ring (bicyclic) bond motifs is 5. The normalized spacial score (nSPS) is 14.0. The predicted molar refractivity (Wildman–Crippen MR) is 79.8 cm³/mol. The lowest BCUT2D eigenvalue weighted by Crippen LogP contribution is -2.16. The highest BCUT2D eigenvalue weighted by Crippen LogP contribution is 2.32. The quantitative estimate of drug-likeness (QED) is 0.454. The van der Waals surface area contributed by atoms with Gasteiger partial charge in [-0.1, -0.05) is 42.5 Å². The fourth-order valence-electron chi connectivity index (χ4n) is 2.86. The van der Waals surface area contributed by atoms with Crippen molar-refractivity contribution < 1.29 is 9.59 Å². The van der Waals surface area contributed by atoms with Crippen molar-refractivity contribution in [3.63, 3.8) is 0 Å². The number of allylic oxidation sites excluding steroid dienone is 1. The molecule has 3 aromatic carbocycles. The third-order valence-electron chi connectivity index (χ3n) is 3.84. The van der Waals surface area contributed by atoms with Crippen LogP contribution in [-0.2, 0) is 4.79 Å². The smallest absolute Gasteiger partial charge is 0.233 e. The van der Waals surface area contributed by atoms with Gasteiger partial charge in [-0.2, -0.15) is 0 Å². The van der Waals surface area contributed by atoms with E-state index in [9.17, 15) is 9.59 Å². The van der Waals surface area contributed by atoms with Crippen LogP contribution in [0.5, 0.6) is 0 Å². The first-order valence-electron chi connectivity index (χ1n) is 6.47. The summed E-state index contributed by atoms with van der Waals surface area (Å²) in [7, 11) is 0. The molecule has 0 saturated carbocycles. The molecule has 0 fully saturated rings. The maximum Gasteiger partial charge on any atom is 0.233 e. The summed E-state index contributed by atoms with van der Waals surface area (Å²) < 4.78 is 0. The van der Waals surface area contributed by atoms with Gasteiger partial charge in [0.05, 0.1) is 0 Å². The molecule has 0 spiro atoms. The molecule has 1 aliphatic carbocycles. The van der Waals surface area contributed by atoms with Crippen LogP contribution in [0.1, 0.15) is 15.9 Å². The lowest BCUT2D eigenvalue weighted by molar-refractivity contribution is -0.110.